The number of nitrogens with one attached hydrogen (secondary N) is 4. The SMILES string of the molecule is Cn1c(=O)c(C(=O)NCC(=O)O)c(O)c2cc(CNC(=O)[C@@H](Cc3ccccc3)NC(=O)[C@@H](Cc3ccc4ccccc4c3)NC(=O)C(C)(C)C)ccc21. The summed E-state index contributed by atoms with van der Waals surface area (Å²) in [6, 6.07) is 25.5. The number of amides is 4. The lowest BCUT2D eigenvalue weighted by Gasteiger charge is -2.26. The Kier molecular flexibility index (Phi) is 11.8. The molecule has 0 aliphatic rings. The molecule has 0 radical (unpaired) electrons. The fourth-order valence-corrected chi connectivity index (χ4v) is 5.97. The van der Waals surface area contributed by atoms with E-state index in [9.17, 15) is 33.9 Å². The van der Waals surface area contributed by atoms with Crippen LogP contribution in [0.1, 0.15) is 47.8 Å². The van der Waals surface area contributed by atoms with Crippen molar-refractivity contribution in [2.45, 2.75) is 52.2 Å². The molecule has 6 N–H and O–H groups in total. The second-order valence-electron chi connectivity index (χ2n) is 14.1. The minimum atomic E-state index is -1.32. The topological polar surface area (TPSA) is 196 Å². The summed E-state index contributed by atoms with van der Waals surface area (Å²) in [5.74, 6) is -4.39. The Labute approximate surface area is 311 Å². The molecule has 280 valence electrons. The van der Waals surface area contributed by atoms with Crippen LogP contribution in [0.25, 0.3) is 21.7 Å². The number of aliphatic carboxylic acids is 1. The number of aryl methyl sites for hydroxylation is 1. The fourth-order valence-electron chi connectivity index (χ4n) is 5.97. The van der Waals surface area contributed by atoms with Gasteiger partial charge >= 0.3 is 5.97 Å². The molecule has 2 atom stereocenters. The summed E-state index contributed by atoms with van der Waals surface area (Å²) in [6.07, 6.45) is 0.321. The van der Waals surface area contributed by atoms with Crippen molar-refractivity contribution in [2.75, 3.05) is 6.54 Å². The molecule has 0 aliphatic carbocycles. The summed E-state index contributed by atoms with van der Waals surface area (Å²) >= 11 is 0. The molecule has 4 amide bonds. The van der Waals surface area contributed by atoms with E-state index in [0.29, 0.717) is 11.1 Å². The van der Waals surface area contributed by atoms with Gasteiger partial charge in [-0.05, 0) is 39.6 Å². The number of fused-ring (bicyclic) bond motifs is 2. The molecule has 4 aromatic carbocycles. The molecule has 13 heteroatoms. The third-order valence-corrected chi connectivity index (χ3v) is 9.00. The highest BCUT2D eigenvalue weighted by molar-refractivity contribution is 6.03. The molecule has 5 rings (SSSR count). The second kappa shape index (κ2) is 16.4. The first-order valence-corrected chi connectivity index (χ1v) is 17.4. The van der Waals surface area contributed by atoms with Gasteiger partial charge in [-0.25, -0.2) is 0 Å². The summed E-state index contributed by atoms with van der Waals surface area (Å²) in [5.41, 5.74) is 0.187. The molecule has 0 saturated carbocycles. The van der Waals surface area contributed by atoms with Gasteiger partial charge in [0, 0.05) is 37.2 Å². The van der Waals surface area contributed by atoms with E-state index >= 15 is 0 Å². The number of aromatic nitrogens is 1. The van der Waals surface area contributed by atoms with Gasteiger partial charge in [0.2, 0.25) is 17.7 Å². The molecular formula is C41H43N5O8. The van der Waals surface area contributed by atoms with Crippen molar-refractivity contribution in [1.29, 1.82) is 0 Å². The van der Waals surface area contributed by atoms with Crippen molar-refractivity contribution in [3.05, 3.63) is 124 Å². The summed E-state index contributed by atoms with van der Waals surface area (Å²) in [7, 11) is 1.41. The van der Waals surface area contributed by atoms with Gasteiger partial charge in [-0.15, -0.1) is 0 Å². The first kappa shape index (κ1) is 38.7. The number of aromatic hydroxyl groups is 1. The lowest BCUT2D eigenvalue weighted by atomic mass is 9.94. The fraction of sp³-hybridized carbons (Fsp3) is 0.268. The lowest BCUT2D eigenvalue weighted by Crippen LogP contribution is -2.56. The molecule has 1 heterocycles. The number of carbonyl (C=O) groups is 5. The van der Waals surface area contributed by atoms with Gasteiger partial charge in [0.1, 0.15) is 29.9 Å². The summed E-state index contributed by atoms with van der Waals surface area (Å²) in [6.45, 7) is 4.44. The zero-order valence-corrected chi connectivity index (χ0v) is 30.4. The molecule has 0 saturated heterocycles. The van der Waals surface area contributed by atoms with Gasteiger partial charge in [0.15, 0.2) is 0 Å². The Hall–Kier alpha value is -6.50. The minimum Gasteiger partial charge on any atom is -0.506 e. The molecule has 1 aromatic heterocycles. The minimum absolute atomic E-state index is 0.0555. The Morgan fingerprint density at radius 1 is 0.722 bits per heavy atom. The van der Waals surface area contributed by atoms with Crippen LogP contribution in [0.2, 0.25) is 0 Å². The van der Waals surface area contributed by atoms with E-state index in [4.69, 9.17) is 5.11 Å². The Morgan fingerprint density at radius 3 is 2.04 bits per heavy atom. The highest BCUT2D eigenvalue weighted by atomic mass is 16.4. The largest absolute Gasteiger partial charge is 0.506 e. The Bertz CT molecular complexity index is 2300. The molecule has 0 aliphatic heterocycles. The highest BCUT2D eigenvalue weighted by Crippen LogP contribution is 2.27. The highest BCUT2D eigenvalue weighted by Gasteiger charge is 2.31. The maximum atomic E-state index is 14.0. The number of hydrogen-bond acceptors (Lipinski definition) is 7. The summed E-state index contributed by atoms with van der Waals surface area (Å²) in [4.78, 5) is 77.6. The predicted octanol–water partition coefficient (Wildman–Crippen LogP) is 3.33. The molecule has 54 heavy (non-hydrogen) atoms. The molecule has 0 fully saturated rings. The lowest BCUT2D eigenvalue weighted by molar-refractivity contribution is -0.136. The average Bonchev–Trinajstić information content (AvgIpc) is 3.14. The van der Waals surface area contributed by atoms with Crippen LogP contribution < -0.4 is 26.8 Å². The van der Waals surface area contributed by atoms with E-state index < -0.39 is 64.6 Å². The first-order chi connectivity index (χ1) is 25.6. The molecule has 13 nitrogen and oxygen atoms in total. The molecule has 0 spiro atoms. The predicted molar refractivity (Wildman–Crippen MR) is 204 cm³/mol. The van der Waals surface area contributed by atoms with E-state index in [1.807, 2.05) is 72.8 Å². The number of carboxylic acids is 1. The van der Waals surface area contributed by atoms with Crippen molar-refractivity contribution < 1.29 is 34.2 Å². The smallest absolute Gasteiger partial charge is 0.322 e. The van der Waals surface area contributed by atoms with Gasteiger partial charge in [-0.3, -0.25) is 28.8 Å². The van der Waals surface area contributed by atoms with Crippen LogP contribution in [-0.2, 0) is 45.6 Å². The Balaban J connectivity index is 1.39. The molecule has 0 bridgehead atoms. The standard InChI is InChI=1S/C41H43N5O8/c1-41(2,3)40(54)45-31(21-25-14-16-27-12-8-9-13-28(27)18-25)37(51)44-30(20-24-10-6-5-7-11-24)36(50)42-22-26-15-17-32-29(19-26)35(49)34(39(53)46(32)4)38(52)43-23-33(47)48/h5-19,30-31,49H,20-23H2,1-4H3,(H,42,50)(H,43,52)(H,44,51)(H,45,54)(H,47,48)/t30-,31-/m1/s1. The van der Waals surface area contributed by atoms with Crippen LogP contribution >= 0.6 is 0 Å². The van der Waals surface area contributed by atoms with Crippen molar-refractivity contribution in [3.8, 4) is 5.75 Å². The first-order valence-electron chi connectivity index (χ1n) is 17.4. The second-order valence-corrected chi connectivity index (χ2v) is 14.1. The van der Waals surface area contributed by atoms with Gasteiger partial charge in [0.05, 0.1) is 5.52 Å². The van der Waals surface area contributed by atoms with Crippen LogP contribution in [0.3, 0.4) is 0 Å². The number of rotatable bonds is 13. The third-order valence-electron chi connectivity index (χ3n) is 9.00. The van der Waals surface area contributed by atoms with E-state index in [0.717, 1.165) is 26.5 Å². The number of nitrogens with zero attached hydrogens (tertiary/aromatic N) is 1. The molecule has 5 aromatic rings. The number of hydrogen-bond donors (Lipinski definition) is 6. The van der Waals surface area contributed by atoms with E-state index in [1.165, 1.54) is 13.1 Å². The van der Waals surface area contributed by atoms with Gasteiger partial charge < -0.3 is 36.0 Å². The van der Waals surface area contributed by atoms with E-state index in [-0.39, 0.29) is 30.7 Å². The van der Waals surface area contributed by atoms with Crippen molar-refractivity contribution in [2.24, 2.45) is 12.5 Å². The number of pyridine rings is 1. The van der Waals surface area contributed by atoms with Gasteiger partial charge in [0.25, 0.3) is 11.5 Å². The summed E-state index contributed by atoms with van der Waals surface area (Å²) < 4.78 is 1.16. The average molecular weight is 734 g/mol. The quantitative estimate of drug-likeness (QED) is 0.106. The number of carbonyl (C=O) groups excluding carboxylic acids is 4. The molecule has 0 unspecified atom stereocenters. The Morgan fingerprint density at radius 2 is 1.35 bits per heavy atom. The molecular weight excluding hydrogens is 690 g/mol. The monoisotopic (exact) mass is 733 g/mol. The van der Waals surface area contributed by atoms with Crippen LogP contribution in [0.15, 0.2) is 95.8 Å². The summed E-state index contributed by atoms with van der Waals surface area (Å²) in [5, 5.41) is 32.8. The number of carboxylic acid groups (broad SMARTS) is 1. The maximum Gasteiger partial charge on any atom is 0.322 e. The van der Waals surface area contributed by atoms with E-state index in [2.05, 4.69) is 21.3 Å². The van der Waals surface area contributed by atoms with Gasteiger partial charge in [-0.1, -0.05) is 99.6 Å². The van der Waals surface area contributed by atoms with Crippen LogP contribution in [0.5, 0.6) is 5.75 Å². The van der Waals surface area contributed by atoms with Gasteiger partial charge in [-0.2, -0.15) is 0 Å². The number of benzene rings is 4. The zero-order valence-electron chi connectivity index (χ0n) is 30.4. The third kappa shape index (κ3) is 9.29. The van der Waals surface area contributed by atoms with E-state index in [1.54, 1.807) is 32.9 Å². The van der Waals surface area contributed by atoms with Crippen LogP contribution in [0, 0.1) is 5.41 Å². The van der Waals surface area contributed by atoms with Crippen molar-refractivity contribution in [1.82, 2.24) is 25.8 Å². The van der Waals surface area contributed by atoms with Crippen LogP contribution in [-0.4, -0.2) is 63.0 Å². The maximum absolute atomic E-state index is 14.0. The normalized spacial score (nSPS) is 12.4. The zero-order chi connectivity index (χ0) is 39.2. The van der Waals surface area contributed by atoms with Crippen molar-refractivity contribution >= 4 is 51.3 Å². The van der Waals surface area contributed by atoms with Crippen LogP contribution in [0.4, 0.5) is 0 Å². The van der Waals surface area contributed by atoms with Crippen molar-refractivity contribution in [3.63, 3.8) is 0 Å².